The Morgan fingerprint density at radius 2 is 0.756 bits per heavy atom. The highest BCUT2D eigenvalue weighted by Gasteiger charge is 2.12. The molecule has 0 saturated carbocycles. The second kappa shape index (κ2) is 10.8. The lowest BCUT2D eigenvalue weighted by Crippen LogP contribution is -1.93. The van der Waals surface area contributed by atoms with Crippen molar-refractivity contribution in [3.8, 4) is 56.0 Å². The molecule has 0 bridgehead atoms. The number of hydrogen-bond donors (Lipinski definition) is 0. The molecule has 5 aromatic carbocycles. The first-order valence-corrected chi connectivity index (χ1v) is 13.9. The van der Waals surface area contributed by atoms with Crippen molar-refractivity contribution < 1.29 is 0 Å². The van der Waals surface area contributed by atoms with Gasteiger partial charge in [-0.3, -0.25) is 0 Å². The van der Waals surface area contributed by atoms with E-state index in [1.807, 2.05) is 60.7 Å². The molecule has 0 aliphatic carbocycles. The molecule has 7 aromatic rings. The molecule has 0 saturated heterocycles. The Labute approximate surface area is 243 Å². The van der Waals surface area contributed by atoms with Crippen LogP contribution in [0.3, 0.4) is 0 Å². The molecule has 0 N–H and O–H groups in total. The lowest BCUT2D eigenvalue weighted by atomic mass is 9.97. The molecule has 41 heavy (non-hydrogen) atoms. The fourth-order valence-electron chi connectivity index (χ4n) is 5.05. The van der Waals surface area contributed by atoms with Gasteiger partial charge in [-0.15, -0.1) is 0 Å². The highest BCUT2D eigenvalue weighted by molar-refractivity contribution is 6.32. The summed E-state index contributed by atoms with van der Waals surface area (Å²) in [6.07, 6.45) is 0. The van der Waals surface area contributed by atoms with Crippen molar-refractivity contribution in [3.63, 3.8) is 0 Å². The monoisotopic (exact) mass is 545 g/mol. The van der Waals surface area contributed by atoms with Crippen LogP contribution >= 0.6 is 11.6 Å². The van der Waals surface area contributed by atoms with E-state index in [4.69, 9.17) is 21.6 Å². The van der Waals surface area contributed by atoms with Crippen LogP contribution < -0.4 is 0 Å². The Bertz CT molecular complexity index is 1970. The number of pyridine rings is 1. The summed E-state index contributed by atoms with van der Waals surface area (Å²) in [6, 6.07) is 49.7. The maximum absolute atomic E-state index is 6.54. The number of aromatic nitrogens is 3. The number of benzene rings is 5. The fourth-order valence-corrected chi connectivity index (χ4v) is 5.29. The molecule has 7 rings (SSSR count). The van der Waals surface area contributed by atoms with Crippen molar-refractivity contribution in [2.45, 2.75) is 0 Å². The Morgan fingerprint density at radius 3 is 1.37 bits per heavy atom. The minimum Gasteiger partial charge on any atom is -0.248 e. The second-order valence-electron chi connectivity index (χ2n) is 9.86. The molecule has 0 fully saturated rings. The van der Waals surface area contributed by atoms with Crippen molar-refractivity contribution >= 4 is 22.6 Å². The van der Waals surface area contributed by atoms with Gasteiger partial charge in [0.1, 0.15) is 5.69 Å². The average molecular weight is 546 g/mol. The molecule has 0 amide bonds. The van der Waals surface area contributed by atoms with E-state index in [1.165, 1.54) is 11.1 Å². The summed E-state index contributed by atoms with van der Waals surface area (Å²) < 4.78 is 0. The molecule has 0 unspecified atom stereocenters. The smallest absolute Gasteiger partial charge is 0.156 e. The molecule has 0 atom stereocenters. The molecule has 0 aliphatic heterocycles. The molecule has 4 heteroatoms. The van der Waals surface area contributed by atoms with Crippen LogP contribution in [0.2, 0.25) is 5.15 Å². The molecule has 0 radical (unpaired) electrons. The first kappa shape index (κ1) is 24.9. The second-order valence-corrected chi connectivity index (χ2v) is 10.2. The zero-order valence-corrected chi connectivity index (χ0v) is 22.8. The van der Waals surface area contributed by atoms with E-state index in [9.17, 15) is 0 Å². The molecule has 2 aromatic heterocycles. The highest BCUT2D eigenvalue weighted by atomic mass is 35.5. The Balaban J connectivity index is 1.28. The molecule has 0 aliphatic rings. The number of rotatable bonds is 5. The molecule has 3 nitrogen and oxygen atoms in total. The molecule has 2 heterocycles. The molecule has 194 valence electrons. The topological polar surface area (TPSA) is 38.7 Å². The molecule has 0 spiro atoms. The van der Waals surface area contributed by atoms with Gasteiger partial charge in [0.15, 0.2) is 5.15 Å². The average Bonchev–Trinajstić information content (AvgIpc) is 3.05. The predicted octanol–water partition coefficient (Wildman–Crippen LogP) is 10.0. The van der Waals surface area contributed by atoms with Gasteiger partial charge < -0.3 is 0 Å². The first-order chi connectivity index (χ1) is 20.2. The van der Waals surface area contributed by atoms with E-state index in [2.05, 4.69) is 89.9 Å². The van der Waals surface area contributed by atoms with Gasteiger partial charge in [-0.05, 0) is 46.5 Å². The standard InChI is InChI=1S/C37H24ClN3/c38-37-36(40-32-13-7-8-14-33(32)41-37)30-21-19-29(20-22-30)35-24-31(23-34(39-35)28-11-5-2-6-12-28)27-17-15-26(16-18-27)25-9-3-1-4-10-25/h1-24H. The van der Waals surface area contributed by atoms with E-state index >= 15 is 0 Å². The zero-order chi connectivity index (χ0) is 27.6. The van der Waals surface area contributed by atoms with E-state index in [0.29, 0.717) is 10.8 Å². The van der Waals surface area contributed by atoms with Gasteiger partial charge in [-0.1, -0.05) is 133 Å². The third-order valence-electron chi connectivity index (χ3n) is 7.20. The largest absolute Gasteiger partial charge is 0.248 e. The van der Waals surface area contributed by atoms with Crippen LogP contribution in [-0.2, 0) is 0 Å². The predicted molar refractivity (Wildman–Crippen MR) is 170 cm³/mol. The number of para-hydroxylation sites is 2. The quantitative estimate of drug-likeness (QED) is 0.216. The number of nitrogens with zero attached hydrogens (tertiary/aromatic N) is 3. The highest BCUT2D eigenvalue weighted by Crippen LogP contribution is 2.33. The van der Waals surface area contributed by atoms with Crippen molar-refractivity contribution in [2.24, 2.45) is 0 Å². The van der Waals surface area contributed by atoms with Crippen LogP contribution in [0.4, 0.5) is 0 Å². The van der Waals surface area contributed by atoms with Crippen molar-refractivity contribution in [1.82, 2.24) is 15.0 Å². The van der Waals surface area contributed by atoms with Gasteiger partial charge in [0, 0.05) is 16.7 Å². The molecular formula is C37H24ClN3. The number of halogens is 1. The van der Waals surface area contributed by atoms with Crippen molar-refractivity contribution in [2.75, 3.05) is 0 Å². The number of hydrogen-bond acceptors (Lipinski definition) is 3. The number of fused-ring (bicyclic) bond motifs is 1. The van der Waals surface area contributed by atoms with Gasteiger partial charge in [-0.2, -0.15) is 0 Å². The summed E-state index contributed by atoms with van der Waals surface area (Å²) in [6.45, 7) is 0. The van der Waals surface area contributed by atoms with Gasteiger partial charge >= 0.3 is 0 Å². The van der Waals surface area contributed by atoms with Gasteiger partial charge in [0.05, 0.1) is 22.4 Å². The van der Waals surface area contributed by atoms with Crippen LogP contribution in [-0.4, -0.2) is 15.0 Å². The minimum atomic E-state index is 0.391. The Hall–Kier alpha value is -5.12. The van der Waals surface area contributed by atoms with Crippen molar-refractivity contribution in [3.05, 3.63) is 151 Å². The maximum atomic E-state index is 6.54. The fraction of sp³-hybridized carbons (Fsp3) is 0. The zero-order valence-electron chi connectivity index (χ0n) is 22.1. The van der Waals surface area contributed by atoms with E-state index in [1.54, 1.807) is 0 Å². The summed E-state index contributed by atoms with van der Waals surface area (Å²) in [5.74, 6) is 0. The van der Waals surface area contributed by atoms with E-state index in [0.717, 1.165) is 50.2 Å². The van der Waals surface area contributed by atoms with Gasteiger partial charge in [0.2, 0.25) is 0 Å². The van der Waals surface area contributed by atoms with Crippen LogP contribution in [0, 0.1) is 0 Å². The van der Waals surface area contributed by atoms with Gasteiger partial charge in [0.25, 0.3) is 0 Å². The first-order valence-electron chi connectivity index (χ1n) is 13.5. The summed E-state index contributed by atoms with van der Waals surface area (Å²) in [7, 11) is 0. The SMILES string of the molecule is Clc1nc2ccccc2nc1-c1ccc(-c2cc(-c3ccc(-c4ccccc4)cc3)cc(-c3ccccc3)n2)cc1. The van der Waals surface area contributed by atoms with E-state index in [-0.39, 0.29) is 0 Å². The van der Waals surface area contributed by atoms with Crippen LogP contribution in [0.25, 0.3) is 67.1 Å². The van der Waals surface area contributed by atoms with Gasteiger partial charge in [-0.25, -0.2) is 15.0 Å². The Kier molecular flexibility index (Phi) is 6.56. The maximum Gasteiger partial charge on any atom is 0.156 e. The summed E-state index contributed by atoms with van der Waals surface area (Å²) in [4.78, 5) is 14.4. The Morgan fingerprint density at radius 1 is 0.341 bits per heavy atom. The molecular weight excluding hydrogens is 522 g/mol. The lowest BCUT2D eigenvalue weighted by molar-refractivity contribution is 1.29. The summed E-state index contributed by atoms with van der Waals surface area (Å²) in [5.41, 5.74) is 11.7. The summed E-state index contributed by atoms with van der Waals surface area (Å²) in [5, 5.41) is 0.391. The third-order valence-corrected chi connectivity index (χ3v) is 7.47. The van der Waals surface area contributed by atoms with E-state index < -0.39 is 0 Å². The summed E-state index contributed by atoms with van der Waals surface area (Å²) >= 11 is 6.54. The van der Waals surface area contributed by atoms with Crippen LogP contribution in [0.15, 0.2) is 146 Å². The minimum absolute atomic E-state index is 0.391. The van der Waals surface area contributed by atoms with Crippen molar-refractivity contribution in [1.29, 1.82) is 0 Å². The third kappa shape index (κ3) is 5.11. The van der Waals surface area contributed by atoms with Crippen LogP contribution in [0.5, 0.6) is 0 Å². The normalized spacial score (nSPS) is 11.0. The lowest BCUT2D eigenvalue weighted by Gasteiger charge is -2.12. The van der Waals surface area contributed by atoms with Crippen LogP contribution in [0.1, 0.15) is 0 Å².